The van der Waals surface area contributed by atoms with Crippen molar-refractivity contribution >= 4 is 29.7 Å². The van der Waals surface area contributed by atoms with Gasteiger partial charge in [-0.05, 0) is 80.1 Å². The van der Waals surface area contributed by atoms with Crippen LogP contribution >= 0.6 is 11.8 Å². The Hall–Kier alpha value is -2.22. The van der Waals surface area contributed by atoms with E-state index in [1.807, 2.05) is 0 Å². The number of carbonyl (C=O) groups is 3. The summed E-state index contributed by atoms with van der Waals surface area (Å²) in [5.41, 5.74) is 3.30. The molecule has 0 aliphatic rings. The fourth-order valence-corrected chi connectivity index (χ4v) is 4.13. The smallest absolute Gasteiger partial charge is 0.408 e. The maximum absolute atomic E-state index is 12.7. The molecule has 0 heterocycles. The number of hydrogen-bond donors (Lipinski definition) is 3. The van der Waals surface area contributed by atoms with Crippen LogP contribution in [0.5, 0.6) is 0 Å². The van der Waals surface area contributed by atoms with Crippen LogP contribution in [0.1, 0.15) is 95.4 Å². The molecule has 0 saturated heterocycles. The van der Waals surface area contributed by atoms with E-state index in [1.165, 1.54) is 28.5 Å². The normalized spacial score (nSPS) is 13.8. The topological polar surface area (TPSA) is 105 Å². The van der Waals surface area contributed by atoms with Gasteiger partial charge in [0.15, 0.2) is 0 Å². The third-order valence-corrected chi connectivity index (χ3v) is 6.16. The van der Waals surface area contributed by atoms with Crippen LogP contribution in [0.15, 0.2) is 34.9 Å². The summed E-state index contributed by atoms with van der Waals surface area (Å²) in [6, 6.07) is -1.95. The number of thioether (sulfide) groups is 1. The van der Waals surface area contributed by atoms with Gasteiger partial charge in [-0.25, -0.2) is 9.59 Å². The molecule has 0 unspecified atom stereocenters. The summed E-state index contributed by atoms with van der Waals surface area (Å²) in [4.78, 5) is 36.6. The molecule has 0 saturated carbocycles. The lowest BCUT2D eigenvalue weighted by Crippen LogP contribution is -2.55. The van der Waals surface area contributed by atoms with E-state index < -0.39 is 35.7 Å². The summed E-state index contributed by atoms with van der Waals surface area (Å²) in [6.07, 6.45) is 10.1. The molecule has 214 valence electrons. The highest BCUT2D eigenvalue weighted by molar-refractivity contribution is 7.99. The van der Waals surface area contributed by atoms with Gasteiger partial charge >= 0.3 is 12.1 Å². The van der Waals surface area contributed by atoms with Crippen molar-refractivity contribution < 1.29 is 24.2 Å². The fourth-order valence-electron chi connectivity index (χ4n) is 3.13. The van der Waals surface area contributed by atoms with Crippen LogP contribution in [0.2, 0.25) is 0 Å². The molecule has 0 aromatic carbocycles. The van der Waals surface area contributed by atoms with Gasteiger partial charge in [-0.3, -0.25) is 4.79 Å². The molecule has 0 spiro atoms. The van der Waals surface area contributed by atoms with Gasteiger partial charge in [0.1, 0.15) is 17.7 Å². The highest BCUT2D eigenvalue weighted by Crippen LogP contribution is 2.14. The second-order valence-electron chi connectivity index (χ2n) is 10.8. The van der Waals surface area contributed by atoms with E-state index in [9.17, 15) is 19.5 Å². The predicted octanol–water partition coefficient (Wildman–Crippen LogP) is 6.89. The quantitative estimate of drug-likeness (QED) is 0.154. The van der Waals surface area contributed by atoms with Crippen molar-refractivity contribution in [3.63, 3.8) is 0 Å². The van der Waals surface area contributed by atoms with Crippen LogP contribution < -0.4 is 10.6 Å². The highest BCUT2D eigenvalue weighted by atomic mass is 32.2. The molecule has 37 heavy (non-hydrogen) atoms. The first-order chi connectivity index (χ1) is 16.6. The van der Waals surface area contributed by atoms with Crippen molar-refractivity contribution in [1.82, 2.24) is 10.6 Å². The Morgan fingerprint density at radius 2 is 1.46 bits per heavy atom. The minimum absolute atomic E-state index is 0. The molecule has 0 rings (SSSR count). The average Bonchev–Trinajstić information content (AvgIpc) is 2.72. The zero-order valence-corrected chi connectivity index (χ0v) is 24.5. The highest BCUT2D eigenvalue weighted by Gasteiger charge is 2.30. The van der Waals surface area contributed by atoms with Crippen LogP contribution in [0, 0.1) is 5.92 Å². The average molecular weight is 541 g/mol. The zero-order valence-electron chi connectivity index (χ0n) is 23.7. The summed E-state index contributed by atoms with van der Waals surface area (Å²) in [6.45, 7) is 17.2. The molecule has 0 aromatic heterocycles. The second-order valence-corrected chi connectivity index (χ2v) is 11.8. The molecule has 2 atom stereocenters. The molecule has 8 heteroatoms. The lowest BCUT2D eigenvalue weighted by atomic mass is 10.0. The maximum atomic E-state index is 12.7. The van der Waals surface area contributed by atoms with E-state index in [4.69, 9.17) is 4.74 Å². The summed E-state index contributed by atoms with van der Waals surface area (Å²) in [7, 11) is 0. The Kier molecular flexibility index (Phi) is 18.9. The van der Waals surface area contributed by atoms with Gasteiger partial charge in [0.2, 0.25) is 5.91 Å². The molecule has 0 aromatic rings. The lowest BCUT2D eigenvalue weighted by Gasteiger charge is -2.26. The molecule has 0 aliphatic heterocycles. The van der Waals surface area contributed by atoms with E-state index >= 15 is 0 Å². The Bertz CT molecular complexity index is 806. The van der Waals surface area contributed by atoms with E-state index in [2.05, 4.69) is 56.6 Å². The third-order valence-electron chi connectivity index (χ3n) is 5.19. The molecular formula is C29H52N2O5S. The summed E-state index contributed by atoms with van der Waals surface area (Å²) < 4.78 is 5.23. The molecule has 3 N–H and O–H groups in total. The van der Waals surface area contributed by atoms with E-state index in [0.29, 0.717) is 5.75 Å². The van der Waals surface area contributed by atoms with Crippen molar-refractivity contribution in [2.75, 3.05) is 11.5 Å². The first-order valence-corrected chi connectivity index (χ1v) is 13.8. The van der Waals surface area contributed by atoms with Gasteiger partial charge in [-0.15, -0.1) is 0 Å². The Morgan fingerprint density at radius 1 is 0.919 bits per heavy atom. The van der Waals surface area contributed by atoms with Gasteiger partial charge in [0.25, 0.3) is 0 Å². The largest absolute Gasteiger partial charge is 0.480 e. The van der Waals surface area contributed by atoms with Crippen LogP contribution in [0.4, 0.5) is 4.79 Å². The van der Waals surface area contributed by atoms with Gasteiger partial charge in [0.05, 0.1) is 0 Å². The molecule has 0 fully saturated rings. The number of rotatable bonds is 15. The molecule has 2 amide bonds. The molecular weight excluding hydrogens is 488 g/mol. The van der Waals surface area contributed by atoms with Gasteiger partial charge in [-0.2, -0.15) is 11.8 Å². The number of nitrogens with one attached hydrogen (secondary N) is 2. The molecule has 0 aliphatic carbocycles. The SMILES string of the molecule is C.CC(C)=CCC/C(C)=C/CC/C(C)=C/CSC[C@H](NC(=O)[C@@H](NC(=O)OC(C)(C)C)C(C)C)C(=O)O. The number of hydrogen-bond acceptors (Lipinski definition) is 5. The van der Waals surface area contributed by atoms with Crippen LogP contribution in [-0.4, -0.2) is 52.3 Å². The van der Waals surface area contributed by atoms with Crippen molar-refractivity contribution in [3.05, 3.63) is 34.9 Å². The molecule has 0 radical (unpaired) electrons. The van der Waals surface area contributed by atoms with Crippen molar-refractivity contribution in [2.45, 2.75) is 113 Å². The maximum Gasteiger partial charge on any atom is 0.408 e. The number of alkyl carbamates (subject to hydrolysis) is 1. The van der Waals surface area contributed by atoms with Crippen molar-refractivity contribution in [1.29, 1.82) is 0 Å². The third kappa shape index (κ3) is 19.5. The second kappa shape index (κ2) is 18.9. The van der Waals surface area contributed by atoms with Crippen LogP contribution in [-0.2, 0) is 14.3 Å². The number of allylic oxidation sites excluding steroid dienone is 5. The molecule has 7 nitrogen and oxygen atoms in total. The van der Waals surface area contributed by atoms with Crippen LogP contribution in [0.3, 0.4) is 0 Å². The number of aliphatic carboxylic acids is 1. The fraction of sp³-hybridized carbons (Fsp3) is 0.690. The minimum atomic E-state index is -1.11. The van der Waals surface area contributed by atoms with E-state index in [-0.39, 0.29) is 19.1 Å². The number of ether oxygens (including phenoxy) is 1. The van der Waals surface area contributed by atoms with Gasteiger partial charge in [0, 0.05) is 11.5 Å². The van der Waals surface area contributed by atoms with Gasteiger partial charge in [-0.1, -0.05) is 56.2 Å². The summed E-state index contributed by atoms with van der Waals surface area (Å²) in [5.74, 6) is -0.994. The predicted molar refractivity (Wildman–Crippen MR) is 157 cm³/mol. The van der Waals surface area contributed by atoms with Crippen LogP contribution in [0.25, 0.3) is 0 Å². The summed E-state index contributed by atoms with van der Waals surface area (Å²) in [5, 5.41) is 14.7. The first-order valence-electron chi connectivity index (χ1n) is 12.7. The minimum Gasteiger partial charge on any atom is -0.480 e. The Balaban J connectivity index is 0. The lowest BCUT2D eigenvalue weighted by molar-refractivity contribution is -0.141. The molecule has 0 bridgehead atoms. The van der Waals surface area contributed by atoms with Crippen molar-refractivity contribution in [3.8, 4) is 0 Å². The number of carboxylic acids is 1. The van der Waals surface area contributed by atoms with E-state index in [1.54, 1.807) is 34.6 Å². The summed E-state index contributed by atoms with van der Waals surface area (Å²) >= 11 is 1.45. The van der Waals surface area contributed by atoms with Crippen molar-refractivity contribution in [2.24, 2.45) is 5.92 Å². The number of amides is 2. The number of carbonyl (C=O) groups excluding carboxylic acids is 2. The Labute approximate surface area is 230 Å². The first kappa shape index (κ1) is 36.9. The zero-order chi connectivity index (χ0) is 27.9. The monoisotopic (exact) mass is 540 g/mol. The van der Waals surface area contributed by atoms with E-state index in [0.717, 1.165) is 25.7 Å². The Morgan fingerprint density at radius 3 is 1.95 bits per heavy atom. The number of carboxylic acid groups (broad SMARTS) is 1. The standard InChI is InChI=1S/C28H48N2O5S.CH4/c1-19(2)12-10-13-21(5)14-11-15-22(6)16-17-36-18-23(26(32)33)29-25(31)24(20(3)4)30-27(34)35-28(7,8)9;/h12,14,16,20,23-24H,10-11,13,15,17-18H2,1-9H3,(H,29,31)(H,30,34)(H,32,33);1H4/b21-14+,22-16+;/t23-,24-;/m0./s1. The van der Waals surface area contributed by atoms with Gasteiger partial charge < -0.3 is 20.5 Å².